The van der Waals surface area contributed by atoms with E-state index >= 15 is 0 Å². The van der Waals surface area contributed by atoms with Gasteiger partial charge in [-0.05, 0) is 50.5 Å². The highest BCUT2D eigenvalue weighted by molar-refractivity contribution is 5.85. The molecule has 0 aromatic carbocycles. The van der Waals surface area contributed by atoms with Crippen molar-refractivity contribution in [2.45, 2.75) is 38.5 Å². The van der Waals surface area contributed by atoms with Gasteiger partial charge in [-0.3, -0.25) is 9.59 Å². The summed E-state index contributed by atoms with van der Waals surface area (Å²) in [5.74, 6) is 1.25. The van der Waals surface area contributed by atoms with E-state index in [1.165, 1.54) is 0 Å². The summed E-state index contributed by atoms with van der Waals surface area (Å²) in [4.78, 5) is 25.4. The first-order valence-corrected chi connectivity index (χ1v) is 7.43. The van der Waals surface area contributed by atoms with Crippen LogP contribution >= 0.6 is 0 Å². The van der Waals surface area contributed by atoms with E-state index in [4.69, 9.17) is 5.73 Å². The minimum absolute atomic E-state index is 0.0299. The van der Waals surface area contributed by atoms with Crippen LogP contribution in [-0.4, -0.2) is 42.9 Å². The van der Waals surface area contributed by atoms with Gasteiger partial charge in [-0.25, -0.2) is 0 Å². The summed E-state index contributed by atoms with van der Waals surface area (Å²) in [5, 5.41) is 2.80. The quantitative estimate of drug-likeness (QED) is 0.781. The lowest BCUT2D eigenvalue weighted by Gasteiger charge is -2.29. The molecule has 0 atom stereocenters. The molecule has 2 rings (SSSR count). The van der Waals surface area contributed by atoms with Crippen molar-refractivity contribution >= 4 is 11.8 Å². The highest BCUT2D eigenvalue weighted by Crippen LogP contribution is 2.30. The topological polar surface area (TPSA) is 75.4 Å². The monoisotopic (exact) mass is 267 g/mol. The minimum Gasteiger partial charge on any atom is -0.354 e. The third-order valence-corrected chi connectivity index (χ3v) is 4.38. The lowest BCUT2D eigenvalue weighted by atomic mass is 9.80. The molecule has 0 spiro atoms. The maximum absolute atomic E-state index is 12.2. The summed E-state index contributed by atoms with van der Waals surface area (Å²) in [6, 6.07) is 0. The van der Waals surface area contributed by atoms with E-state index in [9.17, 15) is 9.59 Å². The number of nitrogens with two attached hydrogens (primary N) is 1. The molecular weight excluding hydrogens is 242 g/mol. The molecular formula is C14H25N3O2. The molecule has 0 radical (unpaired) electrons. The van der Waals surface area contributed by atoms with E-state index < -0.39 is 0 Å². The molecule has 0 bridgehead atoms. The largest absolute Gasteiger partial charge is 0.354 e. The fraction of sp³-hybridized carbons (Fsp3) is 0.857. The summed E-state index contributed by atoms with van der Waals surface area (Å²) in [7, 11) is 0. The van der Waals surface area contributed by atoms with Gasteiger partial charge in [0.15, 0.2) is 0 Å². The van der Waals surface area contributed by atoms with Crippen LogP contribution in [0.1, 0.15) is 38.5 Å². The molecule has 2 aliphatic rings. The molecule has 0 aromatic heterocycles. The fourth-order valence-electron chi connectivity index (χ4n) is 3.07. The molecule has 2 amide bonds. The van der Waals surface area contributed by atoms with Crippen molar-refractivity contribution in [2.24, 2.45) is 17.6 Å². The average Bonchev–Trinajstić information content (AvgIpc) is 2.64. The average molecular weight is 267 g/mol. The summed E-state index contributed by atoms with van der Waals surface area (Å²) in [5.41, 5.74) is 5.68. The smallest absolute Gasteiger partial charge is 0.239 e. The number of rotatable bonds is 3. The second-order valence-corrected chi connectivity index (χ2v) is 5.85. The first-order chi connectivity index (χ1) is 9.19. The van der Waals surface area contributed by atoms with Gasteiger partial charge >= 0.3 is 0 Å². The van der Waals surface area contributed by atoms with Crippen LogP contribution in [0.15, 0.2) is 0 Å². The van der Waals surface area contributed by atoms with Gasteiger partial charge in [-0.2, -0.15) is 0 Å². The molecule has 1 aliphatic carbocycles. The molecule has 5 nitrogen and oxygen atoms in total. The predicted molar refractivity (Wildman–Crippen MR) is 73.3 cm³/mol. The van der Waals surface area contributed by atoms with E-state index in [2.05, 4.69) is 5.32 Å². The molecule has 0 aromatic rings. The zero-order chi connectivity index (χ0) is 13.7. The van der Waals surface area contributed by atoms with Crippen LogP contribution < -0.4 is 11.1 Å². The normalized spacial score (nSPS) is 28.7. The molecule has 5 heteroatoms. The molecule has 2 fully saturated rings. The number of nitrogens with one attached hydrogen (secondary N) is 1. The Kier molecular flexibility index (Phi) is 5.19. The molecule has 1 heterocycles. The molecule has 0 unspecified atom stereocenters. The second-order valence-electron chi connectivity index (χ2n) is 5.85. The van der Waals surface area contributed by atoms with Gasteiger partial charge < -0.3 is 16.0 Å². The van der Waals surface area contributed by atoms with Gasteiger partial charge in [0.2, 0.25) is 11.8 Å². The number of carbonyl (C=O) groups excluding carboxylic acids is 2. The molecule has 3 N–H and O–H groups in total. The summed E-state index contributed by atoms with van der Waals surface area (Å²) >= 11 is 0. The fourth-order valence-corrected chi connectivity index (χ4v) is 3.07. The SMILES string of the molecule is NCC1CCC(CC(=O)N2CCCNC(=O)C2)CC1. The Morgan fingerprint density at radius 3 is 2.63 bits per heavy atom. The molecule has 1 saturated heterocycles. The maximum Gasteiger partial charge on any atom is 0.239 e. The Morgan fingerprint density at radius 1 is 1.26 bits per heavy atom. The first-order valence-electron chi connectivity index (χ1n) is 7.43. The van der Waals surface area contributed by atoms with E-state index in [-0.39, 0.29) is 18.4 Å². The van der Waals surface area contributed by atoms with E-state index in [0.717, 1.165) is 38.6 Å². The van der Waals surface area contributed by atoms with Crippen molar-refractivity contribution in [1.82, 2.24) is 10.2 Å². The first kappa shape index (κ1) is 14.3. The highest BCUT2D eigenvalue weighted by Gasteiger charge is 2.26. The molecule has 19 heavy (non-hydrogen) atoms. The maximum atomic E-state index is 12.2. The lowest BCUT2D eigenvalue weighted by molar-refractivity contribution is -0.136. The lowest BCUT2D eigenvalue weighted by Crippen LogP contribution is -2.38. The van der Waals surface area contributed by atoms with Crippen LogP contribution in [0, 0.1) is 11.8 Å². The standard InChI is InChI=1S/C14H25N3O2/c15-9-12-4-2-11(3-5-12)8-14(19)17-7-1-6-16-13(18)10-17/h11-12H,1-10,15H2,(H,16,18). The third-order valence-electron chi connectivity index (χ3n) is 4.38. The van der Waals surface area contributed by atoms with Crippen LogP contribution in [0.4, 0.5) is 0 Å². The van der Waals surface area contributed by atoms with Crippen molar-refractivity contribution in [3.63, 3.8) is 0 Å². The Labute approximate surface area is 114 Å². The van der Waals surface area contributed by atoms with Crippen LogP contribution in [-0.2, 0) is 9.59 Å². The number of carbonyl (C=O) groups is 2. The van der Waals surface area contributed by atoms with Crippen LogP contribution in [0.5, 0.6) is 0 Å². The second kappa shape index (κ2) is 6.89. The van der Waals surface area contributed by atoms with E-state index in [0.29, 0.717) is 31.3 Å². The molecule has 1 aliphatic heterocycles. The number of hydrogen-bond donors (Lipinski definition) is 2. The Morgan fingerprint density at radius 2 is 1.95 bits per heavy atom. The molecule has 108 valence electrons. The van der Waals surface area contributed by atoms with Crippen molar-refractivity contribution in [2.75, 3.05) is 26.2 Å². The van der Waals surface area contributed by atoms with Gasteiger partial charge in [0.25, 0.3) is 0 Å². The summed E-state index contributed by atoms with van der Waals surface area (Å²) in [6.45, 7) is 2.39. The van der Waals surface area contributed by atoms with Crippen LogP contribution in [0.3, 0.4) is 0 Å². The zero-order valence-electron chi connectivity index (χ0n) is 11.6. The van der Waals surface area contributed by atoms with Gasteiger partial charge in [0.1, 0.15) is 0 Å². The Balaban J connectivity index is 1.78. The van der Waals surface area contributed by atoms with Gasteiger partial charge in [0, 0.05) is 19.5 Å². The van der Waals surface area contributed by atoms with Crippen LogP contribution in [0.25, 0.3) is 0 Å². The molecule has 1 saturated carbocycles. The number of nitrogens with zero attached hydrogens (tertiary/aromatic N) is 1. The van der Waals surface area contributed by atoms with Crippen LogP contribution in [0.2, 0.25) is 0 Å². The Hall–Kier alpha value is -1.10. The third kappa shape index (κ3) is 4.20. The van der Waals surface area contributed by atoms with E-state index in [1.807, 2.05) is 0 Å². The van der Waals surface area contributed by atoms with Gasteiger partial charge in [-0.1, -0.05) is 0 Å². The summed E-state index contributed by atoms with van der Waals surface area (Å²) in [6.07, 6.45) is 5.97. The van der Waals surface area contributed by atoms with Crippen molar-refractivity contribution in [3.05, 3.63) is 0 Å². The van der Waals surface area contributed by atoms with Crippen molar-refractivity contribution in [3.8, 4) is 0 Å². The minimum atomic E-state index is -0.0299. The van der Waals surface area contributed by atoms with E-state index in [1.54, 1.807) is 4.90 Å². The predicted octanol–water partition coefficient (Wildman–Crippen LogP) is 0.490. The van der Waals surface area contributed by atoms with Gasteiger partial charge in [0.05, 0.1) is 6.54 Å². The van der Waals surface area contributed by atoms with Crippen molar-refractivity contribution < 1.29 is 9.59 Å². The number of amides is 2. The number of hydrogen-bond acceptors (Lipinski definition) is 3. The Bertz CT molecular complexity index is 325. The zero-order valence-corrected chi connectivity index (χ0v) is 11.6. The highest BCUT2D eigenvalue weighted by atomic mass is 16.2. The van der Waals surface area contributed by atoms with Gasteiger partial charge in [-0.15, -0.1) is 0 Å². The van der Waals surface area contributed by atoms with Crippen molar-refractivity contribution in [1.29, 1.82) is 0 Å². The summed E-state index contributed by atoms with van der Waals surface area (Å²) < 4.78 is 0.